The average molecular weight is 436 g/mol. The lowest BCUT2D eigenvalue weighted by Crippen LogP contribution is -2.52. The summed E-state index contributed by atoms with van der Waals surface area (Å²) in [5, 5.41) is 13.0. The summed E-state index contributed by atoms with van der Waals surface area (Å²) in [6.07, 6.45) is 3.31. The predicted molar refractivity (Wildman–Crippen MR) is 107 cm³/mol. The van der Waals surface area contributed by atoms with Crippen molar-refractivity contribution in [3.8, 4) is 5.69 Å². The molecular formula is C21H20N6O5. The van der Waals surface area contributed by atoms with Gasteiger partial charge in [0.15, 0.2) is 0 Å². The molecule has 1 aromatic carbocycles. The molecular weight excluding hydrogens is 416 g/mol. The van der Waals surface area contributed by atoms with Crippen molar-refractivity contribution in [3.63, 3.8) is 0 Å². The van der Waals surface area contributed by atoms with E-state index in [2.05, 4.69) is 20.9 Å². The number of benzene rings is 1. The number of carbonyl (C=O) groups excluding carboxylic acids is 5. The summed E-state index contributed by atoms with van der Waals surface area (Å²) >= 11 is 0. The van der Waals surface area contributed by atoms with Crippen LogP contribution in [-0.2, 0) is 32.1 Å². The predicted octanol–water partition coefficient (Wildman–Crippen LogP) is -0.376. The summed E-state index contributed by atoms with van der Waals surface area (Å²) < 4.78 is 1.56. The zero-order chi connectivity index (χ0) is 22.4. The van der Waals surface area contributed by atoms with E-state index in [1.807, 2.05) is 6.07 Å². The van der Waals surface area contributed by atoms with E-state index in [1.165, 1.54) is 4.90 Å². The van der Waals surface area contributed by atoms with E-state index in [4.69, 9.17) is 0 Å². The number of rotatable bonds is 4. The van der Waals surface area contributed by atoms with E-state index < -0.39 is 11.9 Å². The summed E-state index contributed by atoms with van der Waals surface area (Å²) in [5.41, 5.74) is 2.46. The fourth-order valence-electron chi connectivity index (χ4n) is 4.48. The molecule has 0 saturated carbocycles. The number of carbonyl (C=O) groups is 5. The molecule has 0 aliphatic carbocycles. The Hall–Kier alpha value is -3.89. The van der Waals surface area contributed by atoms with E-state index in [-0.39, 0.29) is 42.5 Å². The van der Waals surface area contributed by atoms with Gasteiger partial charge in [-0.15, -0.1) is 5.10 Å². The number of piperidine rings is 2. The molecule has 2 atom stereocenters. The number of hydrogen-bond acceptors (Lipinski definition) is 7. The Morgan fingerprint density at radius 1 is 0.969 bits per heavy atom. The molecule has 3 aliphatic heterocycles. The van der Waals surface area contributed by atoms with Gasteiger partial charge < -0.3 is 4.90 Å². The molecule has 5 rings (SSSR count). The maximum Gasteiger partial charge on any atom is 0.255 e. The minimum absolute atomic E-state index is 0.191. The number of amides is 5. The fourth-order valence-corrected chi connectivity index (χ4v) is 4.48. The van der Waals surface area contributed by atoms with Crippen molar-refractivity contribution in [1.82, 2.24) is 30.5 Å². The average Bonchev–Trinajstić information content (AvgIpc) is 3.35. The van der Waals surface area contributed by atoms with Crippen molar-refractivity contribution in [2.24, 2.45) is 5.92 Å². The van der Waals surface area contributed by atoms with Crippen LogP contribution in [0.25, 0.3) is 5.69 Å². The second-order valence-electron chi connectivity index (χ2n) is 8.21. The highest BCUT2D eigenvalue weighted by atomic mass is 16.2. The van der Waals surface area contributed by atoms with E-state index in [1.54, 1.807) is 23.0 Å². The van der Waals surface area contributed by atoms with E-state index in [0.29, 0.717) is 42.6 Å². The van der Waals surface area contributed by atoms with Crippen LogP contribution in [0.2, 0.25) is 0 Å². The van der Waals surface area contributed by atoms with Crippen LogP contribution in [0.5, 0.6) is 0 Å². The van der Waals surface area contributed by atoms with Gasteiger partial charge in [0.2, 0.25) is 23.6 Å². The lowest BCUT2D eigenvalue weighted by Gasteiger charge is -2.29. The third-order valence-corrected chi connectivity index (χ3v) is 6.15. The van der Waals surface area contributed by atoms with Gasteiger partial charge in [-0.1, -0.05) is 11.3 Å². The second kappa shape index (κ2) is 7.66. The monoisotopic (exact) mass is 436 g/mol. The number of nitrogens with one attached hydrogen (secondary N) is 2. The maximum absolute atomic E-state index is 13.0. The standard InChI is InChI=1S/C21H20N6O5/c28-17-6-4-11(19(30)22-17)8-12-9-27(25-24-12)15-3-1-2-13-14(15)10-26(21(13)32)16-5-7-18(29)23-20(16)31/h1-3,9,11,16H,4-8,10H2,(H,22,28,30)(H,23,29,31). The van der Waals surface area contributed by atoms with Crippen LogP contribution in [0.3, 0.4) is 0 Å². The fraction of sp³-hybridized carbons (Fsp3) is 0.381. The van der Waals surface area contributed by atoms with Gasteiger partial charge in [0.05, 0.1) is 17.6 Å². The Balaban J connectivity index is 1.37. The second-order valence-corrected chi connectivity index (χ2v) is 8.21. The molecule has 11 nitrogen and oxygen atoms in total. The molecule has 2 N–H and O–H groups in total. The first-order chi connectivity index (χ1) is 15.4. The largest absolute Gasteiger partial charge is 0.322 e. The Kier molecular flexibility index (Phi) is 4.80. The molecule has 3 aliphatic rings. The highest BCUT2D eigenvalue weighted by Crippen LogP contribution is 2.31. The topological polar surface area (TPSA) is 143 Å². The van der Waals surface area contributed by atoms with Gasteiger partial charge in [-0.25, -0.2) is 4.68 Å². The smallest absolute Gasteiger partial charge is 0.255 e. The highest BCUT2D eigenvalue weighted by molar-refractivity contribution is 6.05. The molecule has 32 heavy (non-hydrogen) atoms. The molecule has 5 amide bonds. The molecule has 2 aromatic rings. The molecule has 0 spiro atoms. The van der Waals surface area contributed by atoms with Crippen LogP contribution in [0.15, 0.2) is 24.4 Å². The van der Waals surface area contributed by atoms with Gasteiger partial charge >= 0.3 is 0 Å². The molecule has 0 radical (unpaired) electrons. The molecule has 164 valence electrons. The number of fused-ring (bicyclic) bond motifs is 1. The van der Waals surface area contributed by atoms with Gasteiger partial charge in [-0.3, -0.25) is 34.6 Å². The quantitative estimate of drug-likeness (QED) is 0.622. The van der Waals surface area contributed by atoms with Crippen molar-refractivity contribution in [1.29, 1.82) is 0 Å². The van der Waals surface area contributed by atoms with Crippen LogP contribution < -0.4 is 10.6 Å². The molecule has 4 heterocycles. The zero-order valence-electron chi connectivity index (χ0n) is 17.0. The van der Waals surface area contributed by atoms with Crippen LogP contribution in [-0.4, -0.2) is 55.5 Å². The molecule has 1 aromatic heterocycles. The summed E-state index contributed by atoms with van der Waals surface area (Å²) in [6.45, 7) is 0.221. The van der Waals surface area contributed by atoms with Crippen LogP contribution in [0.4, 0.5) is 0 Å². The Morgan fingerprint density at radius 2 is 1.72 bits per heavy atom. The minimum atomic E-state index is -0.695. The van der Waals surface area contributed by atoms with Crippen molar-refractivity contribution < 1.29 is 24.0 Å². The summed E-state index contributed by atoms with van der Waals surface area (Å²) in [5.74, 6) is -1.97. The summed E-state index contributed by atoms with van der Waals surface area (Å²) in [7, 11) is 0. The van der Waals surface area contributed by atoms with Gasteiger partial charge in [-0.2, -0.15) is 0 Å². The summed E-state index contributed by atoms with van der Waals surface area (Å²) in [6, 6.07) is 4.56. The van der Waals surface area contributed by atoms with Gasteiger partial charge in [0.1, 0.15) is 6.04 Å². The van der Waals surface area contributed by atoms with Gasteiger partial charge in [-0.05, 0) is 25.0 Å². The van der Waals surface area contributed by atoms with Crippen molar-refractivity contribution in [2.75, 3.05) is 0 Å². The van der Waals surface area contributed by atoms with E-state index >= 15 is 0 Å². The molecule has 2 unspecified atom stereocenters. The number of imide groups is 2. The number of hydrogen-bond donors (Lipinski definition) is 2. The number of aromatic nitrogens is 3. The normalized spacial score (nSPS) is 23.2. The first-order valence-electron chi connectivity index (χ1n) is 10.4. The van der Waals surface area contributed by atoms with Crippen molar-refractivity contribution >= 4 is 29.5 Å². The van der Waals surface area contributed by atoms with Crippen molar-refractivity contribution in [3.05, 3.63) is 41.2 Å². The van der Waals surface area contributed by atoms with Crippen LogP contribution in [0, 0.1) is 5.92 Å². The number of nitrogens with zero attached hydrogens (tertiary/aromatic N) is 4. The first-order valence-corrected chi connectivity index (χ1v) is 10.4. The zero-order valence-corrected chi connectivity index (χ0v) is 17.0. The van der Waals surface area contributed by atoms with E-state index in [0.717, 1.165) is 5.56 Å². The maximum atomic E-state index is 13.0. The molecule has 2 saturated heterocycles. The molecule has 2 fully saturated rings. The van der Waals surface area contributed by atoms with Gasteiger partial charge in [0.25, 0.3) is 5.91 Å². The Bertz CT molecular complexity index is 1170. The first kappa shape index (κ1) is 20.0. The lowest BCUT2D eigenvalue weighted by molar-refractivity contribution is -0.138. The van der Waals surface area contributed by atoms with Crippen molar-refractivity contribution in [2.45, 2.75) is 44.7 Å². The SMILES string of the molecule is O=C1CCC(Cc2cn(-c3cccc4c3CN(C3CCC(=O)NC3=O)C4=O)nn2)C(=O)N1. The van der Waals surface area contributed by atoms with Crippen LogP contribution >= 0.6 is 0 Å². The summed E-state index contributed by atoms with van der Waals surface area (Å²) in [4.78, 5) is 61.6. The Morgan fingerprint density at radius 3 is 2.47 bits per heavy atom. The molecule has 0 bridgehead atoms. The molecule has 11 heteroatoms. The third-order valence-electron chi connectivity index (χ3n) is 6.15. The lowest BCUT2D eigenvalue weighted by atomic mass is 9.94. The third kappa shape index (κ3) is 3.45. The van der Waals surface area contributed by atoms with E-state index in [9.17, 15) is 24.0 Å². The minimum Gasteiger partial charge on any atom is -0.322 e. The Labute approximate surface area is 182 Å². The van der Waals surface area contributed by atoms with Crippen LogP contribution in [0.1, 0.15) is 47.3 Å². The highest BCUT2D eigenvalue weighted by Gasteiger charge is 2.40. The van der Waals surface area contributed by atoms with Gasteiger partial charge in [0, 0.05) is 42.9 Å².